The molecule has 0 aliphatic carbocycles. The van der Waals surface area contributed by atoms with Crippen LogP contribution >= 0.6 is 0 Å². The van der Waals surface area contributed by atoms with Gasteiger partial charge in [0.05, 0.1) is 37.8 Å². The van der Waals surface area contributed by atoms with Crippen LogP contribution in [0, 0.1) is 11.3 Å². The van der Waals surface area contributed by atoms with E-state index in [4.69, 9.17) is 14.2 Å². The molecule has 7 heteroatoms. The summed E-state index contributed by atoms with van der Waals surface area (Å²) >= 11 is 0. The number of carbonyl (C=O) groups excluding carboxylic acids is 1. The molecule has 2 aromatic carbocycles. The van der Waals surface area contributed by atoms with Gasteiger partial charge in [0.15, 0.2) is 0 Å². The third-order valence-electron chi connectivity index (χ3n) is 4.74. The summed E-state index contributed by atoms with van der Waals surface area (Å²) in [7, 11) is 0. The maximum Gasteiger partial charge on any atom is 0.266 e. The smallest absolute Gasteiger partial charge is 0.266 e. The van der Waals surface area contributed by atoms with Crippen LogP contribution in [0.3, 0.4) is 0 Å². The van der Waals surface area contributed by atoms with Crippen molar-refractivity contribution in [2.45, 2.75) is 13.8 Å². The molecule has 3 rings (SSSR count). The molecule has 0 saturated carbocycles. The van der Waals surface area contributed by atoms with Crippen molar-refractivity contribution in [2.24, 2.45) is 0 Å². The summed E-state index contributed by atoms with van der Waals surface area (Å²) in [6.07, 6.45) is 1.56. The number of morpholine rings is 1. The highest BCUT2D eigenvalue weighted by Gasteiger charge is 2.21. The van der Waals surface area contributed by atoms with Crippen molar-refractivity contribution in [1.82, 2.24) is 0 Å². The van der Waals surface area contributed by atoms with E-state index < -0.39 is 5.91 Å². The van der Waals surface area contributed by atoms with Crippen LogP contribution in [0.4, 0.5) is 11.4 Å². The first-order valence-corrected chi connectivity index (χ1v) is 10.4. The zero-order valence-corrected chi connectivity index (χ0v) is 17.9. The Morgan fingerprint density at radius 2 is 1.81 bits per heavy atom. The Kier molecular flexibility index (Phi) is 7.91. The van der Waals surface area contributed by atoms with Gasteiger partial charge < -0.3 is 24.4 Å². The standard InChI is InChI=1S/C24H27N3O4/c1-3-30-22-16-21(27-10-12-29-13-11-27)23(31-4-2)15-20(22)26-24(28)19(17-25)14-18-8-6-5-7-9-18/h5-9,14-16H,3-4,10-13H2,1-2H3,(H,26,28)/b19-14-. The molecule has 0 unspecified atom stereocenters. The minimum Gasteiger partial charge on any atom is -0.492 e. The van der Waals surface area contributed by atoms with E-state index in [2.05, 4.69) is 10.2 Å². The number of hydrogen-bond acceptors (Lipinski definition) is 6. The third kappa shape index (κ3) is 5.77. The summed E-state index contributed by atoms with van der Waals surface area (Å²) in [5.74, 6) is 0.667. The quantitative estimate of drug-likeness (QED) is 0.515. The molecule has 1 fully saturated rings. The predicted octanol–water partition coefficient (Wildman–Crippen LogP) is 3.87. The first-order chi connectivity index (χ1) is 15.2. The molecule has 0 atom stereocenters. The molecule has 1 aliphatic heterocycles. The minimum absolute atomic E-state index is 0.00358. The van der Waals surface area contributed by atoms with Crippen LogP contribution < -0.4 is 19.7 Å². The Balaban J connectivity index is 1.93. The monoisotopic (exact) mass is 421 g/mol. The molecule has 31 heavy (non-hydrogen) atoms. The number of nitrogens with one attached hydrogen (secondary N) is 1. The van der Waals surface area contributed by atoms with E-state index in [0.717, 1.165) is 24.3 Å². The summed E-state index contributed by atoms with van der Waals surface area (Å²) in [4.78, 5) is 15.0. The Labute approximate surface area is 182 Å². The number of hydrogen-bond donors (Lipinski definition) is 1. The van der Waals surface area contributed by atoms with Crippen LogP contribution in [0.25, 0.3) is 6.08 Å². The largest absolute Gasteiger partial charge is 0.492 e. The zero-order chi connectivity index (χ0) is 22.1. The first kappa shape index (κ1) is 22.2. The number of nitrogens with zero attached hydrogens (tertiary/aromatic N) is 2. The highest BCUT2D eigenvalue weighted by molar-refractivity contribution is 6.10. The molecular weight excluding hydrogens is 394 g/mol. The summed E-state index contributed by atoms with van der Waals surface area (Å²) in [6.45, 7) is 7.49. The zero-order valence-electron chi connectivity index (χ0n) is 17.9. The van der Waals surface area contributed by atoms with Crippen LogP contribution in [0.15, 0.2) is 48.0 Å². The van der Waals surface area contributed by atoms with Crippen LogP contribution in [-0.2, 0) is 9.53 Å². The molecule has 0 bridgehead atoms. The molecule has 2 aromatic rings. The van der Waals surface area contributed by atoms with Crippen molar-refractivity contribution in [3.05, 3.63) is 53.6 Å². The van der Waals surface area contributed by atoms with E-state index in [9.17, 15) is 10.1 Å². The lowest BCUT2D eigenvalue weighted by Gasteiger charge is -2.31. The number of carbonyl (C=O) groups is 1. The second kappa shape index (κ2) is 11.0. The summed E-state index contributed by atoms with van der Waals surface area (Å²) in [5.41, 5.74) is 2.13. The molecule has 1 heterocycles. The van der Waals surface area contributed by atoms with Gasteiger partial charge in [0.1, 0.15) is 23.1 Å². The molecule has 1 N–H and O–H groups in total. The molecule has 1 saturated heterocycles. The molecule has 162 valence electrons. The maximum atomic E-state index is 12.8. The summed E-state index contributed by atoms with van der Waals surface area (Å²) in [6, 6.07) is 14.9. The highest BCUT2D eigenvalue weighted by Crippen LogP contribution is 2.39. The Morgan fingerprint density at radius 3 is 2.45 bits per heavy atom. The molecule has 1 amide bonds. The van der Waals surface area contributed by atoms with E-state index in [1.807, 2.05) is 56.3 Å². The number of anilines is 2. The van der Waals surface area contributed by atoms with E-state index in [1.54, 1.807) is 12.1 Å². The molecule has 0 aromatic heterocycles. The second-order valence-electron chi connectivity index (χ2n) is 6.82. The maximum absolute atomic E-state index is 12.8. The van der Waals surface area contributed by atoms with E-state index >= 15 is 0 Å². The molecule has 0 spiro atoms. The molecule has 1 aliphatic rings. The Morgan fingerprint density at radius 1 is 1.13 bits per heavy atom. The van der Waals surface area contributed by atoms with Gasteiger partial charge in [0.25, 0.3) is 5.91 Å². The van der Waals surface area contributed by atoms with Crippen molar-refractivity contribution >= 4 is 23.4 Å². The van der Waals surface area contributed by atoms with Gasteiger partial charge in [-0.15, -0.1) is 0 Å². The van der Waals surface area contributed by atoms with Gasteiger partial charge in [-0.05, 0) is 25.5 Å². The van der Waals surface area contributed by atoms with Crippen molar-refractivity contribution in [3.63, 3.8) is 0 Å². The average Bonchev–Trinajstić information content (AvgIpc) is 2.80. The lowest BCUT2D eigenvalue weighted by molar-refractivity contribution is -0.112. The highest BCUT2D eigenvalue weighted by atomic mass is 16.5. The fraction of sp³-hybridized carbons (Fsp3) is 0.333. The fourth-order valence-corrected chi connectivity index (χ4v) is 3.30. The van der Waals surface area contributed by atoms with Crippen LogP contribution in [0.5, 0.6) is 11.5 Å². The predicted molar refractivity (Wildman–Crippen MR) is 120 cm³/mol. The van der Waals surface area contributed by atoms with Gasteiger partial charge in [-0.2, -0.15) is 5.26 Å². The first-order valence-electron chi connectivity index (χ1n) is 10.4. The number of rotatable bonds is 8. The van der Waals surface area contributed by atoms with Crippen LogP contribution in [0.1, 0.15) is 19.4 Å². The summed E-state index contributed by atoms with van der Waals surface area (Å²) in [5, 5.41) is 12.3. The van der Waals surface area contributed by atoms with Gasteiger partial charge in [0.2, 0.25) is 0 Å². The second-order valence-corrected chi connectivity index (χ2v) is 6.82. The SMILES string of the molecule is CCOc1cc(N2CCOCC2)c(OCC)cc1NC(=O)/C(C#N)=C\c1ccccc1. The van der Waals surface area contributed by atoms with Gasteiger partial charge >= 0.3 is 0 Å². The van der Waals surface area contributed by atoms with Crippen LogP contribution in [0.2, 0.25) is 0 Å². The molecule has 0 radical (unpaired) electrons. The number of ether oxygens (including phenoxy) is 3. The van der Waals surface area contributed by atoms with E-state index in [-0.39, 0.29) is 5.57 Å². The van der Waals surface area contributed by atoms with Gasteiger partial charge in [-0.3, -0.25) is 4.79 Å². The normalized spacial score (nSPS) is 14.0. The Hall–Kier alpha value is -3.50. The Bertz CT molecular complexity index is 961. The van der Waals surface area contributed by atoms with E-state index in [1.165, 1.54) is 0 Å². The lowest BCUT2D eigenvalue weighted by Crippen LogP contribution is -2.36. The topological polar surface area (TPSA) is 83.8 Å². The van der Waals surface area contributed by atoms with Crippen LogP contribution in [-0.4, -0.2) is 45.4 Å². The number of nitriles is 1. The lowest BCUT2D eigenvalue weighted by atomic mass is 10.1. The van der Waals surface area contributed by atoms with Crippen molar-refractivity contribution < 1.29 is 19.0 Å². The third-order valence-corrected chi connectivity index (χ3v) is 4.74. The number of amides is 1. The minimum atomic E-state index is -0.506. The fourth-order valence-electron chi connectivity index (χ4n) is 3.30. The number of benzene rings is 2. The van der Waals surface area contributed by atoms with Gasteiger partial charge in [-0.25, -0.2) is 0 Å². The van der Waals surface area contributed by atoms with Gasteiger partial charge in [-0.1, -0.05) is 30.3 Å². The molecular formula is C24H27N3O4. The average molecular weight is 421 g/mol. The van der Waals surface area contributed by atoms with Crippen molar-refractivity contribution in [2.75, 3.05) is 49.7 Å². The molecule has 7 nitrogen and oxygen atoms in total. The summed E-state index contributed by atoms with van der Waals surface area (Å²) < 4.78 is 17.1. The van der Waals surface area contributed by atoms with Gasteiger partial charge in [0, 0.05) is 25.2 Å². The van der Waals surface area contributed by atoms with Crippen molar-refractivity contribution in [1.29, 1.82) is 5.26 Å². The van der Waals surface area contributed by atoms with E-state index in [0.29, 0.717) is 43.6 Å². The van der Waals surface area contributed by atoms with Crippen molar-refractivity contribution in [3.8, 4) is 17.6 Å².